The lowest BCUT2D eigenvalue weighted by Crippen LogP contribution is -2.62. The highest BCUT2D eigenvalue weighted by Gasteiger charge is 2.62. The van der Waals surface area contributed by atoms with Crippen molar-refractivity contribution in [3.05, 3.63) is 29.8 Å². The Kier molecular flexibility index (Phi) is 4.88. The highest BCUT2D eigenvalue weighted by Crippen LogP contribution is 2.66. The minimum atomic E-state index is 0.232. The molecule has 8 atom stereocenters. The molecule has 0 N–H and O–H groups in total. The van der Waals surface area contributed by atoms with E-state index in [4.69, 9.17) is 4.74 Å². The van der Waals surface area contributed by atoms with Gasteiger partial charge in [-0.1, -0.05) is 26.8 Å². The number of piperidine rings is 1. The predicted molar refractivity (Wildman–Crippen MR) is 120 cm³/mol. The summed E-state index contributed by atoms with van der Waals surface area (Å²) in [7, 11) is 2.04. The van der Waals surface area contributed by atoms with Gasteiger partial charge in [-0.3, -0.25) is 4.79 Å². The number of hydrogen-bond donors (Lipinski definition) is 0. The highest BCUT2D eigenvalue weighted by atomic mass is 16.5. The summed E-state index contributed by atoms with van der Waals surface area (Å²) < 4.78 is 6.45. The molecule has 1 aromatic carbocycles. The van der Waals surface area contributed by atoms with Crippen molar-refractivity contribution in [2.75, 3.05) is 7.05 Å². The molecule has 4 fully saturated rings. The summed E-state index contributed by atoms with van der Waals surface area (Å²) in [5, 5.41) is 9.21. The number of carbonyl (C=O) groups is 1. The summed E-state index contributed by atoms with van der Waals surface area (Å²) in [5.41, 5.74) is 1.25. The van der Waals surface area contributed by atoms with Crippen molar-refractivity contribution in [2.24, 2.45) is 34.5 Å². The number of rotatable bonds is 2. The van der Waals surface area contributed by atoms with Crippen molar-refractivity contribution in [3.63, 3.8) is 0 Å². The Morgan fingerprint density at radius 3 is 2.77 bits per heavy atom. The second-order valence-corrected chi connectivity index (χ2v) is 11.5. The average Bonchev–Trinajstić information content (AvgIpc) is 3.08. The first-order chi connectivity index (χ1) is 14.7. The van der Waals surface area contributed by atoms with Gasteiger partial charge in [0.1, 0.15) is 5.75 Å². The van der Waals surface area contributed by atoms with E-state index >= 15 is 0 Å². The third-order valence-corrected chi connectivity index (χ3v) is 9.93. The van der Waals surface area contributed by atoms with Crippen LogP contribution in [0.3, 0.4) is 0 Å². The van der Waals surface area contributed by atoms with Crippen LogP contribution >= 0.6 is 0 Å². The fourth-order valence-electron chi connectivity index (χ4n) is 8.38. The normalized spacial score (nSPS) is 44.1. The van der Waals surface area contributed by atoms with Gasteiger partial charge in [0.05, 0.1) is 17.7 Å². The molecule has 166 valence electrons. The molecule has 1 saturated heterocycles. The van der Waals surface area contributed by atoms with Gasteiger partial charge in [0.2, 0.25) is 5.91 Å². The van der Waals surface area contributed by atoms with Gasteiger partial charge in [-0.05, 0) is 91.2 Å². The first-order valence-electron chi connectivity index (χ1n) is 12.2. The standard InChI is InChI=1S/C27H36N2O2/c1-17-12-23-27(3,11-9-24(30)29(23)4)21-8-10-26(2)15-20(14-22(26)25(17)21)31-19-7-5-6-18(13-19)16-28/h5-7,13,17,20-23,25H,8-12,14-15H2,1-4H3/t17-,20-,21-,22-,23+,25+,26+,27+/m0/s1. The van der Waals surface area contributed by atoms with Crippen LogP contribution in [0.4, 0.5) is 0 Å². The first kappa shape index (κ1) is 20.9. The molecule has 0 spiro atoms. The number of fused-ring (bicyclic) bond motifs is 5. The SMILES string of the molecule is C[C@H]1C[C@H]2N(C)C(=O)CC[C@]2(C)[C@H]2CC[C@]3(C)C[C@@H](Oc4cccc(C#N)c4)C[C@H]3[C@H]12. The summed E-state index contributed by atoms with van der Waals surface area (Å²) >= 11 is 0. The number of nitrogens with zero attached hydrogens (tertiary/aromatic N) is 2. The van der Waals surface area contributed by atoms with Gasteiger partial charge >= 0.3 is 0 Å². The van der Waals surface area contributed by atoms with E-state index in [0.29, 0.717) is 47.1 Å². The monoisotopic (exact) mass is 420 g/mol. The van der Waals surface area contributed by atoms with Crippen LogP contribution in [0.2, 0.25) is 0 Å². The van der Waals surface area contributed by atoms with E-state index in [1.54, 1.807) is 0 Å². The van der Waals surface area contributed by atoms with Crippen molar-refractivity contribution in [1.29, 1.82) is 5.26 Å². The second-order valence-electron chi connectivity index (χ2n) is 11.5. The number of amides is 1. The molecule has 4 heteroatoms. The van der Waals surface area contributed by atoms with Crippen molar-refractivity contribution < 1.29 is 9.53 Å². The fraction of sp³-hybridized carbons (Fsp3) is 0.704. The van der Waals surface area contributed by atoms with Crippen LogP contribution in [-0.2, 0) is 4.79 Å². The summed E-state index contributed by atoms with van der Waals surface area (Å²) in [6, 6.07) is 10.2. The number of carbonyl (C=O) groups excluding carboxylic acids is 1. The quantitative estimate of drug-likeness (QED) is 0.642. The van der Waals surface area contributed by atoms with Crippen molar-refractivity contribution >= 4 is 5.91 Å². The number of nitriles is 1. The maximum Gasteiger partial charge on any atom is 0.222 e. The molecule has 1 amide bonds. The van der Waals surface area contributed by atoms with E-state index in [9.17, 15) is 10.1 Å². The fourth-order valence-corrected chi connectivity index (χ4v) is 8.38. The largest absolute Gasteiger partial charge is 0.490 e. The summed E-state index contributed by atoms with van der Waals surface area (Å²) in [4.78, 5) is 14.5. The van der Waals surface area contributed by atoms with Gasteiger partial charge in [-0.25, -0.2) is 0 Å². The zero-order valence-corrected chi connectivity index (χ0v) is 19.4. The minimum Gasteiger partial charge on any atom is -0.490 e. The molecule has 3 saturated carbocycles. The lowest BCUT2D eigenvalue weighted by molar-refractivity contribution is -0.164. The molecular weight excluding hydrogens is 384 g/mol. The van der Waals surface area contributed by atoms with Gasteiger partial charge in [0.25, 0.3) is 0 Å². The third kappa shape index (κ3) is 3.19. The molecule has 5 rings (SSSR count). The lowest BCUT2D eigenvalue weighted by atomic mass is 9.45. The molecule has 4 aliphatic rings. The highest BCUT2D eigenvalue weighted by molar-refractivity contribution is 5.77. The molecule has 31 heavy (non-hydrogen) atoms. The molecule has 0 bridgehead atoms. The summed E-state index contributed by atoms with van der Waals surface area (Å²) in [6.45, 7) is 7.43. The van der Waals surface area contributed by atoms with Crippen molar-refractivity contribution in [2.45, 2.75) is 77.9 Å². The van der Waals surface area contributed by atoms with Crippen LogP contribution in [0.15, 0.2) is 24.3 Å². The second kappa shape index (κ2) is 7.26. The lowest BCUT2D eigenvalue weighted by Gasteiger charge is -2.63. The maximum absolute atomic E-state index is 12.4. The summed E-state index contributed by atoms with van der Waals surface area (Å²) in [5.74, 6) is 3.92. The summed E-state index contributed by atoms with van der Waals surface area (Å²) in [6.07, 6.45) is 7.93. The first-order valence-corrected chi connectivity index (χ1v) is 12.2. The van der Waals surface area contributed by atoms with Gasteiger partial charge in [-0.2, -0.15) is 5.26 Å². The molecule has 3 aliphatic carbocycles. The predicted octanol–water partition coefficient (Wildman–Crippen LogP) is 5.42. The van der Waals surface area contributed by atoms with Crippen LogP contribution in [-0.4, -0.2) is 30.0 Å². The molecular formula is C27H36N2O2. The topological polar surface area (TPSA) is 53.3 Å². The van der Waals surface area contributed by atoms with Gasteiger partial charge < -0.3 is 9.64 Å². The van der Waals surface area contributed by atoms with E-state index in [1.807, 2.05) is 31.3 Å². The third-order valence-electron chi connectivity index (χ3n) is 9.93. The smallest absolute Gasteiger partial charge is 0.222 e. The zero-order chi connectivity index (χ0) is 22.0. The molecule has 0 unspecified atom stereocenters. The van der Waals surface area contributed by atoms with Crippen LogP contribution < -0.4 is 4.74 Å². The van der Waals surface area contributed by atoms with E-state index in [0.717, 1.165) is 37.4 Å². The van der Waals surface area contributed by atoms with Crippen LogP contribution in [0, 0.1) is 45.8 Å². The number of likely N-dealkylation sites (tertiary alicyclic amines) is 1. The van der Waals surface area contributed by atoms with Gasteiger partial charge in [0, 0.05) is 19.5 Å². The zero-order valence-electron chi connectivity index (χ0n) is 19.4. The van der Waals surface area contributed by atoms with Crippen LogP contribution in [0.1, 0.15) is 71.3 Å². The van der Waals surface area contributed by atoms with Crippen LogP contribution in [0.5, 0.6) is 5.75 Å². The Morgan fingerprint density at radius 1 is 1.19 bits per heavy atom. The van der Waals surface area contributed by atoms with E-state index in [2.05, 4.69) is 31.7 Å². The molecule has 4 nitrogen and oxygen atoms in total. The van der Waals surface area contributed by atoms with Crippen molar-refractivity contribution in [1.82, 2.24) is 4.90 Å². The van der Waals surface area contributed by atoms with Crippen molar-refractivity contribution in [3.8, 4) is 11.8 Å². The Hall–Kier alpha value is -2.02. The molecule has 0 radical (unpaired) electrons. The number of ether oxygens (including phenoxy) is 1. The Balaban J connectivity index is 1.39. The minimum absolute atomic E-state index is 0.232. The average molecular weight is 421 g/mol. The molecule has 1 aliphatic heterocycles. The molecule has 1 aromatic rings. The maximum atomic E-state index is 12.4. The number of hydrogen-bond acceptors (Lipinski definition) is 3. The van der Waals surface area contributed by atoms with Gasteiger partial charge in [0.15, 0.2) is 0 Å². The Morgan fingerprint density at radius 2 is 2.00 bits per heavy atom. The Bertz CT molecular complexity index is 922. The van der Waals surface area contributed by atoms with E-state index in [1.165, 1.54) is 12.8 Å². The molecule has 1 heterocycles. The number of benzene rings is 1. The molecule has 0 aromatic heterocycles. The van der Waals surface area contributed by atoms with E-state index in [-0.39, 0.29) is 11.5 Å². The van der Waals surface area contributed by atoms with Gasteiger partial charge in [-0.15, -0.1) is 0 Å². The van der Waals surface area contributed by atoms with Crippen LogP contribution in [0.25, 0.3) is 0 Å². The Labute approximate surface area is 186 Å². The van der Waals surface area contributed by atoms with E-state index < -0.39 is 0 Å².